The molecule has 1 heteroatoms. The molecule has 0 aliphatic carbocycles. The number of hydrogen-bond acceptors (Lipinski definition) is 1. The van der Waals surface area contributed by atoms with E-state index in [0.29, 0.717) is 5.92 Å². The van der Waals surface area contributed by atoms with Gasteiger partial charge in [0.1, 0.15) is 0 Å². The molecular formula is C13H20O. The summed E-state index contributed by atoms with van der Waals surface area (Å²) in [5.74, 6) is 0.302. The third kappa shape index (κ3) is 3.15. The maximum Gasteiger partial charge on any atom is 0.0580 e. The van der Waals surface area contributed by atoms with E-state index >= 15 is 0 Å². The summed E-state index contributed by atoms with van der Waals surface area (Å²) in [6, 6.07) is 10.3. The van der Waals surface area contributed by atoms with Gasteiger partial charge in [0.2, 0.25) is 0 Å². The van der Waals surface area contributed by atoms with Gasteiger partial charge in [-0.05, 0) is 18.9 Å². The average molecular weight is 192 g/mol. The topological polar surface area (TPSA) is 20.2 Å². The molecule has 0 aromatic heterocycles. The van der Waals surface area contributed by atoms with E-state index in [4.69, 9.17) is 0 Å². The zero-order valence-electron chi connectivity index (χ0n) is 9.11. The second-order valence-corrected chi connectivity index (χ2v) is 3.90. The summed E-state index contributed by atoms with van der Waals surface area (Å²) < 4.78 is 0. The van der Waals surface area contributed by atoms with Gasteiger partial charge < -0.3 is 5.11 Å². The molecule has 0 aliphatic rings. The fourth-order valence-corrected chi connectivity index (χ4v) is 1.81. The molecule has 78 valence electrons. The highest BCUT2D eigenvalue weighted by atomic mass is 16.3. The van der Waals surface area contributed by atoms with Gasteiger partial charge in [0.05, 0.1) is 6.10 Å². The molecule has 2 atom stereocenters. The van der Waals surface area contributed by atoms with Crippen LogP contribution in [-0.4, -0.2) is 11.2 Å². The van der Waals surface area contributed by atoms with Crippen LogP contribution >= 0.6 is 0 Å². The summed E-state index contributed by atoms with van der Waals surface area (Å²) >= 11 is 0. The van der Waals surface area contributed by atoms with E-state index in [1.807, 2.05) is 25.1 Å². The monoisotopic (exact) mass is 192 g/mol. The number of hydrogen-bond donors (Lipinski definition) is 1. The number of rotatable bonds is 5. The van der Waals surface area contributed by atoms with E-state index in [-0.39, 0.29) is 6.10 Å². The minimum absolute atomic E-state index is 0.246. The smallest absolute Gasteiger partial charge is 0.0580 e. The number of aliphatic hydroxyl groups excluding tert-OH is 1. The maximum atomic E-state index is 9.69. The van der Waals surface area contributed by atoms with Gasteiger partial charge in [-0.25, -0.2) is 0 Å². The van der Waals surface area contributed by atoms with Crippen LogP contribution in [-0.2, 0) is 0 Å². The molecule has 0 amide bonds. The van der Waals surface area contributed by atoms with Crippen LogP contribution in [0.15, 0.2) is 30.3 Å². The molecule has 1 aromatic carbocycles. The Hall–Kier alpha value is -0.820. The van der Waals surface area contributed by atoms with Gasteiger partial charge in [0.25, 0.3) is 0 Å². The van der Waals surface area contributed by atoms with E-state index in [2.05, 4.69) is 19.1 Å². The average Bonchev–Trinajstić information content (AvgIpc) is 2.19. The number of unbranched alkanes of at least 4 members (excludes halogenated alkanes) is 1. The predicted molar refractivity (Wildman–Crippen MR) is 60.4 cm³/mol. The molecule has 0 bridgehead atoms. The quantitative estimate of drug-likeness (QED) is 0.758. The Morgan fingerprint density at radius 3 is 2.36 bits per heavy atom. The van der Waals surface area contributed by atoms with Crippen molar-refractivity contribution in [2.75, 3.05) is 0 Å². The summed E-state index contributed by atoms with van der Waals surface area (Å²) in [6.07, 6.45) is 3.21. The molecule has 14 heavy (non-hydrogen) atoms. The number of aliphatic hydroxyl groups is 1. The molecule has 0 saturated carbocycles. The molecule has 1 aromatic rings. The normalized spacial score (nSPS) is 15.1. The summed E-state index contributed by atoms with van der Waals surface area (Å²) in [6.45, 7) is 4.07. The standard InChI is InChI=1S/C13H20O/c1-3-4-10-13(11(2)14)12-8-6-5-7-9-12/h5-9,11,13-14H,3-4,10H2,1-2H3/t11-,13+/m1/s1. The van der Waals surface area contributed by atoms with E-state index in [0.717, 1.165) is 6.42 Å². The predicted octanol–water partition coefficient (Wildman–Crippen LogP) is 3.34. The van der Waals surface area contributed by atoms with Crippen molar-refractivity contribution in [3.05, 3.63) is 35.9 Å². The van der Waals surface area contributed by atoms with Crippen molar-refractivity contribution in [2.45, 2.75) is 45.1 Å². The van der Waals surface area contributed by atoms with Crippen LogP contribution < -0.4 is 0 Å². The molecule has 0 heterocycles. The van der Waals surface area contributed by atoms with Crippen LogP contribution in [0.2, 0.25) is 0 Å². The Balaban J connectivity index is 2.68. The van der Waals surface area contributed by atoms with Gasteiger partial charge in [0.15, 0.2) is 0 Å². The lowest BCUT2D eigenvalue weighted by molar-refractivity contribution is 0.156. The second kappa shape index (κ2) is 5.82. The highest BCUT2D eigenvalue weighted by molar-refractivity contribution is 5.20. The van der Waals surface area contributed by atoms with E-state index in [1.54, 1.807) is 0 Å². The van der Waals surface area contributed by atoms with Crippen LogP contribution in [0.1, 0.15) is 44.6 Å². The lowest BCUT2D eigenvalue weighted by Gasteiger charge is -2.19. The molecule has 0 spiro atoms. The zero-order chi connectivity index (χ0) is 10.4. The van der Waals surface area contributed by atoms with Gasteiger partial charge >= 0.3 is 0 Å². The Kier molecular flexibility index (Phi) is 4.68. The molecule has 1 N–H and O–H groups in total. The van der Waals surface area contributed by atoms with Crippen molar-refractivity contribution in [3.8, 4) is 0 Å². The molecular weight excluding hydrogens is 172 g/mol. The second-order valence-electron chi connectivity index (χ2n) is 3.90. The highest BCUT2D eigenvalue weighted by Gasteiger charge is 2.15. The van der Waals surface area contributed by atoms with Crippen molar-refractivity contribution in [1.82, 2.24) is 0 Å². The summed E-state index contributed by atoms with van der Waals surface area (Å²) in [5.41, 5.74) is 1.26. The van der Waals surface area contributed by atoms with Crippen LogP contribution in [0.25, 0.3) is 0 Å². The van der Waals surface area contributed by atoms with E-state index < -0.39 is 0 Å². The van der Waals surface area contributed by atoms with Crippen molar-refractivity contribution in [3.63, 3.8) is 0 Å². The lowest BCUT2D eigenvalue weighted by atomic mass is 9.89. The summed E-state index contributed by atoms with van der Waals surface area (Å²) in [7, 11) is 0. The SMILES string of the molecule is CCCC[C@H](c1ccccc1)[C@@H](C)O. The molecule has 1 nitrogen and oxygen atoms in total. The fraction of sp³-hybridized carbons (Fsp3) is 0.538. The van der Waals surface area contributed by atoms with Crippen LogP contribution in [0.3, 0.4) is 0 Å². The largest absolute Gasteiger partial charge is 0.393 e. The first-order valence-corrected chi connectivity index (χ1v) is 5.48. The molecule has 1 rings (SSSR count). The Morgan fingerprint density at radius 1 is 1.21 bits per heavy atom. The minimum Gasteiger partial charge on any atom is -0.393 e. The highest BCUT2D eigenvalue weighted by Crippen LogP contribution is 2.25. The first kappa shape index (κ1) is 11.3. The Bertz CT molecular complexity index is 241. The zero-order valence-corrected chi connectivity index (χ0v) is 9.11. The molecule has 0 aliphatic heterocycles. The lowest BCUT2D eigenvalue weighted by Crippen LogP contribution is -2.14. The minimum atomic E-state index is -0.246. The van der Waals surface area contributed by atoms with E-state index in [9.17, 15) is 5.11 Å². The maximum absolute atomic E-state index is 9.69. The van der Waals surface area contributed by atoms with Crippen molar-refractivity contribution in [2.24, 2.45) is 0 Å². The molecule has 0 radical (unpaired) electrons. The third-order valence-electron chi connectivity index (χ3n) is 2.68. The van der Waals surface area contributed by atoms with Gasteiger partial charge in [0, 0.05) is 5.92 Å². The van der Waals surface area contributed by atoms with Crippen LogP contribution in [0.4, 0.5) is 0 Å². The van der Waals surface area contributed by atoms with Gasteiger partial charge in [-0.2, -0.15) is 0 Å². The Labute approximate surface area is 86.8 Å². The number of benzene rings is 1. The summed E-state index contributed by atoms with van der Waals surface area (Å²) in [4.78, 5) is 0. The van der Waals surface area contributed by atoms with Crippen molar-refractivity contribution in [1.29, 1.82) is 0 Å². The van der Waals surface area contributed by atoms with Crippen LogP contribution in [0.5, 0.6) is 0 Å². The van der Waals surface area contributed by atoms with Crippen molar-refractivity contribution >= 4 is 0 Å². The third-order valence-corrected chi connectivity index (χ3v) is 2.68. The van der Waals surface area contributed by atoms with Gasteiger partial charge in [-0.15, -0.1) is 0 Å². The fourth-order valence-electron chi connectivity index (χ4n) is 1.81. The molecule has 0 saturated heterocycles. The van der Waals surface area contributed by atoms with Crippen molar-refractivity contribution < 1.29 is 5.11 Å². The van der Waals surface area contributed by atoms with Gasteiger partial charge in [-0.1, -0.05) is 50.1 Å². The van der Waals surface area contributed by atoms with Gasteiger partial charge in [-0.3, -0.25) is 0 Å². The van der Waals surface area contributed by atoms with Crippen LogP contribution in [0, 0.1) is 0 Å². The first-order valence-electron chi connectivity index (χ1n) is 5.48. The molecule has 0 unspecified atom stereocenters. The first-order chi connectivity index (χ1) is 6.75. The summed E-state index contributed by atoms with van der Waals surface area (Å²) in [5, 5.41) is 9.69. The Morgan fingerprint density at radius 2 is 1.86 bits per heavy atom. The van der Waals surface area contributed by atoms with E-state index in [1.165, 1.54) is 18.4 Å². The molecule has 0 fully saturated rings.